The third-order valence-electron chi connectivity index (χ3n) is 2.49. The molecule has 0 aliphatic carbocycles. The summed E-state index contributed by atoms with van der Waals surface area (Å²) in [4.78, 5) is 14.4. The SMILES string of the molecule is NNc1cccc(Cc2ccc([N+](=O)[O-])cc2)n1. The molecule has 0 bridgehead atoms. The molecule has 1 aromatic carbocycles. The summed E-state index contributed by atoms with van der Waals surface area (Å²) in [5.41, 5.74) is 4.37. The first kappa shape index (κ1) is 12.0. The Morgan fingerprint density at radius 2 is 1.94 bits per heavy atom. The monoisotopic (exact) mass is 244 g/mol. The van der Waals surface area contributed by atoms with Gasteiger partial charge >= 0.3 is 0 Å². The summed E-state index contributed by atoms with van der Waals surface area (Å²) in [6.45, 7) is 0. The van der Waals surface area contributed by atoms with Crippen LogP contribution in [0, 0.1) is 10.1 Å². The standard InChI is InChI=1S/C12H12N4O2/c13-15-12-3-1-2-10(14-12)8-9-4-6-11(7-5-9)16(17)18/h1-7H,8,13H2,(H,14,15). The number of aromatic nitrogens is 1. The topological polar surface area (TPSA) is 94.1 Å². The molecule has 0 amide bonds. The van der Waals surface area contributed by atoms with Gasteiger partial charge < -0.3 is 5.43 Å². The Morgan fingerprint density at radius 3 is 2.56 bits per heavy atom. The minimum Gasteiger partial charge on any atom is -0.308 e. The van der Waals surface area contributed by atoms with Gasteiger partial charge in [0.05, 0.1) is 4.92 Å². The van der Waals surface area contributed by atoms with E-state index >= 15 is 0 Å². The second-order valence-corrected chi connectivity index (χ2v) is 3.76. The van der Waals surface area contributed by atoms with Gasteiger partial charge in [-0.25, -0.2) is 10.8 Å². The summed E-state index contributed by atoms with van der Waals surface area (Å²) >= 11 is 0. The Kier molecular flexibility index (Phi) is 3.49. The van der Waals surface area contributed by atoms with Crippen molar-refractivity contribution in [1.82, 2.24) is 4.98 Å². The average molecular weight is 244 g/mol. The lowest BCUT2D eigenvalue weighted by molar-refractivity contribution is -0.384. The largest absolute Gasteiger partial charge is 0.308 e. The molecule has 0 aliphatic heterocycles. The van der Waals surface area contributed by atoms with Gasteiger partial charge in [0.2, 0.25) is 0 Å². The first-order valence-corrected chi connectivity index (χ1v) is 5.35. The van der Waals surface area contributed by atoms with Gasteiger partial charge in [-0.05, 0) is 17.7 Å². The minimum atomic E-state index is -0.416. The van der Waals surface area contributed by atoms with Gasteiger partial charge in [-0.2, -0.15) is 0 Å². The first-order chi connectivity index (χ1) is 8.69. The fourth-order valence-corrected chi connectivity index (χ4v) is 1.60. The van der Waals surface area contributed by atoms with E-state index in [1.165, 1.54) is 12.1 Å². The van der Waals surface area contributed by atoms with E-state index in [1.54, 1.807) is 18.2 Å². The summed E-state index contributed by atoms with van der Waals surface area (Å²) in [5, 5.41) is 10.5. The number of nitrogens with two attached hydrogens (primary N) is 1. The minimum absolute atomic E-state index is 0.0871. The van der Waals surface area contributed by atoms with Crippen molar-refractivity contribution in [3.8, 4) is 0 Å². The normalized spacial score (nSPS) is 10.1. The number of pyridine rings is 1. The number of hydrogen-bond donors (Lipinski definition) is 2. The van der Waals surface area contributed by atoms with Crippen LogP contribution in [0.5, 0.6) is 0 Å². The molecule has 92 valence electrons. The van der Waals surface area contributed by atoms with Crippen molar-refractivity contribution in [3.63, 3.8) is 0 Å². The molecule has 2 rings (SSSR count). The highest BCUT2D eigenvalue weighted by molar-refractivity contribution is 5.37. The molecule has 0 fully saturated rings. The Labute approximate surface area is 104 Å². The van der Waals surface area contributed by atoms with Crippen LogP contribution in [0.3, 0.4) is 0 Å². The van der Waals surface area contributed by atoms with Gasteiger partial charge in [-0.15, -0.1) is 0 Å². The van der Waals surface area contributed by atoms with E-state index in [-0.39, 0.29) is 5.69 Å². The molecule has 1 heterocycles. The maximum absolute atomic E-state index is 10.5. The van der Waals surface area contributed by atoms with Crippen molar-refractivity contribution in [2.45, 2.75) is 6.42 Å². The van der Waals surface area contributed by atoms with Gasteiger partial charge in [0.1, 0.15) is 5.82 Å². The van der Waals surface area contributed by atoms with Crippen molar-refractivity contribution in [1.29, 1.82) is 0 Å². The maximum Gasteiger partial charge on any atom is 0.269 e. The smallest absolute Gasteiger partial charge is 0.269 e. The molecule has 0 saturated heterocycles. The van der Waals surface area contributed by atoms with Crippen molar-refractivity contribution in [2.75, 3.05) is 5.43 Å². The fourth-order valence-electron chi connectivity index (χ4n) is 1.60. The highest BCUT2D eigenvalue weighted by Gasteiger charge is 2.05. The molecule has 0 radical (unpaired) electrons. The Morgan fingerprint density at radius 1 is 1.22 bits per heavy atom. The number of nitrogen functional groups attached to an aromatic ring is 1. The number of hydrogen-bond acceptors (Lipinski definition) is 5. The molecule has 0 saturated carbocycles. The quantitative estimate of drug-likeness (QED) is 0.486. The van der Waals surface area contributed by atoms with Crippen LogP contribution in [0.4, 0.5) is 11.5 Å². The number of hydrazine groups is 1. The summed E-state index contributed by atoms with van der Waals surface area (Å²) in [6.07, 6.45) is 0.605. The van der Waals surface area contributed by atoms with Crippen LogP contribution in [0.2, 0.25) is 0 Å². The van der Waals surface area contributed by atoms with Crippen LogP contribution in [0.25, 0.3) is 0 Å². The van der Waals surface area contributed by atoms with Crippen LogP contribution in [0.15, 0.2) is 42.5 Å². The van der Waals surface area contributed by atoms with E-state index in [9.17, 15) is 10.1 Å². The van der Waals surface area contributed by atoms with Crippen molar-refractivity contribution in [3.05, 3.63) is 63.8 Å². The van der Waals surface area contributed by atoms with Gasteiger partial charge in [0.15, 0.2) is 0 Å². The molecule has 6 nitrogen and oxygen atoms in total. The summed E-state index contributed by atoms with van der Waals surface area (Å²) in [7, 11) is 0. The van der Waals surface area contributed by atoms with Crippen molar-refractivity contribution < 1.29 is 4.92 Å². The number of benzene rings is 1. The highest BCUT2D eigenvalue weighted by Crippen LogP contribution is 2.15. The highest BCUT2D eigenvalue weighted by atomic mass is 16.6. The van der Waals surface area contributed by atoms with E-state index in [4.69, 9.17) is 5.84 Å². The van der Waals surface area contributed by atoms with Crippen molar-refractivity contribution in [2.24, 2.45) is 5.84 Å². The Hall–Kier alpha value is -2.47. The Balaban J connectivity index is 2.15. The van der Waals surface area contributed by atoms with E-state index in [1.807, 2.05) is 12.1 Å². The van der Waals surface area contributed by atoms with E-state index in [2.05, 4.69) is 10.4 Å². The average Bonchev–Trinajstić information content (AvgIpc) is 2.39. The zero-order chi connectivity index (χ0) is 13.0. The van der Waals surface area contributed by atoms with E-state index in [0.717, 1.165) is 11.3 Å². The van der Waals surface area contributed by atoms with Gasteiger partial charge in [-0.1, -0.05) is 18.2 Å². The molecule has 6 heteroatoms. The summed E-state index contributed by atoms with van der Waals surface area (Å²) in [5.74, 6) is 5.87. The number of nitro benzene ring substituents is 1. The van der Waals surface area contributed by atoms with E-state index < -0.39 is 4.92 Å². The molecular formula is C12H12N4O2. The third kappa shape index (κ3) is 2.80. The molecular weight excluding hydrogens is 232 g/mol. The molecule has 0 atom stereocenters. The Bertz CT molecular complexity index is 554. The van der Waals surface area contributed by atoms with Gasteiger partial charge in [-0.3, -0.25) is 10.1 Å². The maximum atomic E-state index is 10.5. The molecule has 3 N–H and O–H groups in total. The molecule has 1 aromatic heterocycles. The van der Waals surface area contributed by atoms with E-state index in [0.29, 0.717) is 12.2 Å². The summed E-state index contributed by atoms with van der Waals surface area (Å²) in [6, 6.07) is 11.9. The van der Waals surface area contributed by atoms with Crippen molar-refractivity contribution >= 4 is 11.5 Å². The van der Waals surface area contributed by atoms with Crippen LogP contribution >= 0.6 is 0 Å². The van der Waals surface area contributed by atoms with Crippen LogP contribution in [0.1, 0.15) is 11.3 Å². The van der Waals surface area contributed by atoms with Crippen LogP contribution in [-0.4, -0.2) is 9.91 Å². The predicted octanol–water partition coefficient (Wildman–Crippen LogP) is 1.87. The zero-order valence-corrected chi connectivity index (χ0v) is 9.54. The van der Waals surface area contributed by atoms with Gasteiger partial charge in [0, 0.05) is 24.2 Å². The molecule has 0 spiro atoms. The molecule has 2 aromatic rings. The fraction of sp³-hybridized carbons (Fsp3) is 0.0833. The second-order valence-electron chi connectivity index (χ2n) is 3.76. The van der Waals surface area contributed by atoms with Crippen LogP contribution < -0.4 is 11.3 Å². The lowest BCUT2D eigenvalue weighted by Crippen LogP contribution is -2.09. The number of nitrogens with one attached hydrogen (secondary N) is 1. The van der Waals surface area contributed by atoms with Crippen LogP contribution in [-0.2, 0) is 6.42 Å². The van der Waals surface area contributed by atoms with Gasteiger partial charge in [0.25, 0.3) is 5.69 Å². The number of nitro groups is 1. The number of rotatable bonds is 4. The summed E-state index contributed by atoms with van der Waals surface area (Å²) < 4.78 is 0. The molecule has 18 heavy (non-hydrogen) atoms. The number of non-ortho nitro benzene ring substituents is 1. The predicted molar refractivity (Wildman–Crippen MR) is 67.9 cm³/mol. The lowest BCUT2D eigenvalue weighted by Gasteiger charge is -2.03. The number of nitrogens with zero attached hydrogens (tertiary/aromatic N) is 2. The zero-order valence-electron chi connectivity index (χ0n) is 9.54. The molecule has 0 aliphatic rings. The third-order valence-corrected chi connectivity index (χ3v) is 2.49. The number of anilines is 1. The molecule has 0 unspecified atom stereocenters. The first-order valence-electron chi connectivity index (χ1n) is 5.35. The lowest BCUT2D eigenvalue weighted by atomic mass is 10.1. The second kappa shape index (κ2) is 5.24.